The fourth-order valence-corrected chi connectivity index (χ4v) is 3.96. The lowest BCUT2D eigenvalue weighted by molar-refractivity contribution is 0.559. The normalized spacial score (nSPS) is 18.3. The van der Waals surface area contributed by atoms with Crippen LogP contribution in [0.5, 0.6) is 0 Å². The van der Waals surface area contributed by atoms with Crippen molar-refractivity contribution >= 4 is 0 Å². The zero-order chi connectivity index (χ0) is 19.5. The van der Waals surface area contributed by atoms with Gasteiger partial charge in [-0.3, -0.25) is 0 Å². The van der Waals surface area contributed by atoms with E-state index in [1.165, 1.54) is 5.56 Å². The maximum absolute atomic E-state index is 9.04. The lowest BCUT2D eigenvalue weighted by Gasteiger charge is -2.15. The minimum absolute atomic E-state index is 0.313. The zero-order valence-corrected chi connectivity index (χ0v) is 16.1. The van der Waals surface area contributed by atoms with Crippen molar-refractivity contribution in [1.29, 1.82) is 5.26 Å². The van der Waals surface area contributed by atoms with Crippen molar-refractivity contribution in [3.05, 3.63) is 88.9 Å². The highest BCUT2D eigenvalue weighted by Gasteiger charge is 2.26. The van der Waals surface area contributed by atoms with Gasteiger partial charge in [-0.25, -0.2) is 9.67 Å². The Labute approximate surface area is 165 Å². The average molecular weight is 369 g/mol. The van der Waals surface area contributed by atoms with E-state index in [1.54, 1.807) is 6.20 Å². The first-order chi connectivity index (χ1) is 13.7. The number of hydrogen-bond acceptors (Lipinski definition) is 4. The fourth-order valence-electron chi connectivity index (χ4n) is 3.96. The van der Waals surface area contributed by atoms with Gasteiger partial charge >= 0.3 is 0 Å². The highest BCUT2D eigenvalue weighted by atomic mass is 15.3. The van der Waals surface area contributed by atoms with Gasteiger partial charge in [-0.05, 0) is 50.1 Å². The average Bonchev–Trinajstić information content (AvgIpc) is 3.31. The van der Waals surface area contributed by atoms with Crippen molar-refractivity contribution in [2.24, 2.45) is 0 Å². The van der Waals surface area contributed by atoms with Crippen LogP contribution >= 0.6 is 0 Å². The molecule has 1 N–H and O–H groups in total. The summed E-state index contributed by atoms with van der Waals surface area (Å²) in [5, 5.41) is 17.4. The summed E-state index contributed by atoms with van der Waals surface area (Å²) in [6.45, 7) is 4.94. The van der Waals surface area contributed by atoms with Gasteiger partial charge < -0.3 is 5.32 Å². The number of benzene rings is 1. The molecule has 0 fully saturated rings. The molecule has 140 valence electrons. The molecule has 0 spiro atoms. The molecule has 0 unspecified atom stereocenters. The molecule has 0 bridgehead atoms. The quantitative estimate of drug-likeness (QED) is 0.692. The molecule has 3 aromatic rings. The lowest BCUT2D eigenvalue weighted by atomic mass is 9.96. The molecule has 0 aliphatic heterocycles. The molecule has 1 aromatic carbocycles. The van der Waals surface area contributed by atoms with E-state index < -0.39 is 0 Å². The summed E-state index contributed by atoms with van der Waals surface area (Å²) in [5.41, 5.74) is 5.32. The van der Waals surface area contributed by atoms with Gasteiger partial charge in [-0.1, -0.05) is 30.4 Å². The van der Waals surface area contributed by atoms with Gasteiger partial charge in [0.05, 0.1) is 17.3 Å². The van der Waals surface area contributed by atoms with Crippen LogP contribution in [0, 0.1) is 25.2 Å². The summed E-state index contributed by atoms with van der Waals surface area (Å²) in [6, 6.07) is 16.1. The molecule has 2 heterocycles. The maximum Gasteiger partial charge on any atom is 0.153 e. The Morgan fingerprint density at radius 2 is 2.07 bits per heavy atom. The number of nitrogens with zero attached hydrogens (tertiary/aromatic N) is 4. The third kappa shape index (κ3) is 3.60. The maximum atomic E-state index is 9.04. The van der Waals surface area contributed by atoms with Crippen molar-refractivity contribution < 1.29 is 0 Å². The van der Waals surface area contributed by atoms with Crippen molar-refractivity contribution in [3.8, 4) is 11.9 Å². The van der Waals surface area contributed by atoms with Crippen LogP contribution in [0.25, 0.3) is 5.82 Å². The number of allylic oxidation sites excluding steroid dienone is 1. The fraction of sp³-hybridized carbons (Fsp3) is 0.261. The summed E-state index contributed by atoms with van der Waals surface area (Å²) in [7, 11) is 0. The minimum Gasteiger partial charge on any atom is -0.306 e. The minimum atomic E-state index is 0.313. The Morgan fingerprint density at radius 3 is 2.86 bits per heavy atom. The van der Waals surface area contributed by atoms with Gasteiger partial charge in [0.1, 0.15) is 0 Å². The number of pyridine rings is 1. The smallest absolute Gasteiger partial charge is 0.153 e. The summed E-state index contributed by atoms with van der Waals surface area (Å²) in [6.07, 6.45) is 7.33. The third-order valence-corrected chi connectivity index (χ3v) is 5.29. The highest BCUT2D eigenvalue weighted by molar-refractivity contribution is 5.39. The van der Waals surface area contributed by atoms with E-state index in [-0.39, 0.29) is 0 Å². The van der Waals surface area contributed by atoms with Gasteiger partial charge in [0.2, 0.25) is 0 Å². The van der Waals surface area contributed by atoms with Crippen molar-refractivity contribution in [3.63, 3.8) is 0 Å². The Kier molecular flexibility index (Phi) is 5.05. The van der Waals surface area contributed by atoms with Crippen LogP contribution in [-0.4, -0.2) is 20.8 Å². The molecule has 4 rings (SSSR count). The highest BCUT2D eigenvalue weighted by Crippen LogP contribution is 2.33. The number of nitrogens with one attached hydrogen (secondary N) is 1. The van der Waals surface area contributed by atoms with Crippen LogP contribution in [0.2, 0.25) is 0 Å². The summed E-state index contributed by atoms with van der Waals surface area (Å²) < 4.78 is 1.94. The van der Waals surface area contributed by atoms with E-state index in [2.05, 4.69) is 48.4 Å². The molecular formula is C23H23N5. The zero-order valence-electron chi connectivity index (χ0n) is 16.1. The van der Waals surface area contributed by atoms with Crippen LogP contribution in [0.1, 0.15) is 40.4 Å². The number of rotatable bonds is 5. The van der Waals surface area contributed by atoms with Crippen LogP contribution in [0.15, 0.2) is 60.8 Å². The number of nitriles is 1. The largest absolute Gasteiger partial charge is 0.306 e. The molecule has 0 amide bonds. The van der Waals surface area contributed by atoms with Gasteiger partial charge in [0, 0.05) is 36.0 Å². The Hall–Kier alpha value is -3.23. The summed E-state index contributed by atoms with van der Waals surface area (Å²) in [4.78, 5) is 4.43. The molecule has 0 radical (unpaired) electrons. The van der Waals surface area contributed by atoms with Crippen LogP contribution in [0.3, 0.4) is 0 Å². The number of hydrogen-bond donors (Lipinski definition) is 1. The van der Waals surface area contributed by atoms with Crippen molar-refractivity contribution in [2.75, 3.05) is 0 Å². The van der Waals surface area contributed by atoms with Gasteiger partial charge in [-0.2, -0.15) is 10.4 Å². The molecular weight excluding hydrogens is 346 g/mol. The van der Waals surface area contributed by atoms with Crippen LogP contribution in [0.4, 0.5) is 0 Å². The van der Waals surface area contributed by atoms with E-state index in [4.69, 9.17) is 10.4 Å². The number of aromatic nitrogens is 3. The van der Waals surface area contributed by atoms with Gasteiger partial charge in [0.15, 0.2) is 5.82 Å². The lowest BCUT2D eigenvalue weighted by Crippen LogP contribution is -2.25. The van der Waals surface area contributed by atoms with E-state index in [1.807, 2.05) is 41.1 Å². The molecule has 5 heteroatoms. The summed E-state index contributed by atoms with van der Waals surface area (Å²) >= 11 is 0. The topological polar surface area (TPSA) is 66.5 Å². The second-order valence-corrected chi connectivity index (χ2v) is 7.21. The second-order valence-electron chi connectivity index (χ2n) is 7.21. The van der Waals surface area contributed by atoms with E-state index >= 15 is 0 Å². The monoisotopic (exact) mass is 369 g/mol. The Bertz CT molecular complexity index is 1040. The van der Waals surface area contributed by atoms with E-state index in [0.717, 1.165) is 35.7 Å². The van der Waals surface area contributed by atoms with E-state index in [0.29, 0.717) is 17.5 Å². The number of aryl methyl sites for hydroxylation is 1. The van der Waals surface area contributed by atoms with Gasteiger partial charge in [0.25, 0.3) is 0 Å². The predicted molar refractivity (Wildman–Crippen MR) is 109 cm³/mol. The Balaban J connectivity index is 1.45. The molecule has 28 heavy (non-hydrogen) atoms. The summed E-state index contributed by atoms with van der Waals surface area (Å²) in [5.74, 6) is 1.20. The molecule has 2 aromatic heterocycles. The standard InChI is InChI=1S/C23H23N5/c1-16-23(17(2)28(27-16)22-8-3-4-11-25-22)20-9-10-21(13-20)26-15-19-7-5-6-18(12-19)14-24/h3-12,20-21,26H,13,15H2,1-2H3/t20-,21-/m1/s1. The molecule has 0 saturated carbocycles. The Morgan fingerprint density at radius 1 is 1.18 bits per heavy atom. The van der Waals surface area contributed by atoms with Crippen molar-refractivity contribution in [1.82, 2.24) is 20.1 Å². The predicted octanol–water partition coefficient (Wildman–Crippen LogP) is 3.96. The second kappa shape index (κ2) is 7.79. The first kappa shape index (κ1) is 18.1. The third-order valence-electron chi connectivity index (χ3n) is 5.29. The first-order valence-corrected chi connectivity index (χ1v) is 9.54. The molecule has 5 nitrogen and oxygen atoms in total. The first-order valence-electron chi connectivity index (χ1n) is 9.54. The molecule has 2 atom stereocenters. The molecule has 1 aliphatic carbocycles. The van der Waals surface area contributed by atoms with Gasteiger partial charge in [-0.15, -0.1) is 0 Å². The molecule has 1 aliphatic rings. The molecule has 0 saturated heterocycles. The SMILES string of the molecule is Cc1nn(-c2ccccn2)c(C)c1[C@@H]1C=C[C@@H](NCc2cccc(C#N)c2)C1. The van der Waals surface area contributed by atoms with E-state index in [9.17, 15) is 0 Å². The van der Waals surface area contributed by atoms with Crippen molar-refractivity contribution in [2.45, 2.75) is 38.8 Å². The van der Waals surface area contributed by atoms with Crippen LogP contribution < -0.4 is 5.32 Å². The van der Waals surface area contributed by atoms with Crippen LogP contribution in [-0.2, 0) is 6.54 Å².